The van der Waals surface area contributed by atoms with E-state index in [9.17, 15) is 14.0 Å². The van der Waals surface area contributed by atoms with Crippen LogP contribution in [0.4, 0.5) is 4.39 Å². The van der Waals surface area contributed by atoms with Gasteiger partial charge < -0.3 is 15.2 Å². The Hall–Kier alpha value is -1.92. The van der Waals surface area contributed by atoms with E-state index < -0.39 is 23.7 Å². The molecule has 1 unspecified atom stereocenters. The Morgan fingerprint density at radius 1 is 1.55 bits per heavy atom. The summed E-state index contributed by atoms with van der Waals surface area (Å²) >= 11 is 5.78. The summed E-state index contributed by atoms with van der Waals surface area (Å²) in [6.45, 7) is -0.171. The molecule has 20 heavy (non-hydrogen) atoms. The van der Waals surface area contributed by atoms with Crippen molar-refractivity contribution >= 4 is 29.6 Å². The molecule has 0 aliphatic heterocycles. The molecular formula is C13H13ClFNO4. The van der Waals surface area contributed by atoms with Crippen LogP contribution < -0.4 is 5.32 Å². The summed E-state index contributed by atoms with van der Waals surface area (Å²) in [4.78, 5) is 22.4. The first-order valence-corrected chi connectivity index (χ1v) is 5.98. The zero-order valence-electron chi connectivity index (χ0n) is 10.6. The summed E-state index contributed by atoms with van der Waals surface area (Å²) in [7, 11) is 1.32. The molecule has 0 saturated carbocycles. The number of hydrogen-bond donors (Lipinski definition) is 2. The number of halogens is 2. The summed E-state index contributed by atoms with van der Waals surface area (Å²) in [6, 6.07) is 2.95. The highest BCUT2D eigenvalue weighted by Gasteiger charge is 2.18. The van der Waals surface area contributed by atoms with Crippen LogP contribution in [-0.4, -0.2) is 36.7 Å². The van der Waals surface area contributed by atoms with Gasteiger partial charge >= 0.3 is 5.97 Å². The third-order valence-electron chi connectivity index (χ3n) is 2.35. The van der Waals surface area contributed by atoms with E-state index in [2.05, 4.69) is 10.1 Å². The van der Waals surface area contributed by atoms with Crippen LogP contribution in [0.5, 0.6) is 0 Å². The van der Waals surface area contributed by atoms with Gasteiger partial charge in [0.25, 0.3) is 0 Å². The van der Waals surface area contributed by atoms with Gasteiger partial charge in [0.15, 0.2) is 6.04 Å². The number of nitrogens with one attached hydrogen (secondary N) is 1. The number of methoxy groups -OCH3 is 1. The van der Waals surface area contributed by atoms with Gasteiger partial charge in [-0.25, -0.2) is 9.18 Å². The smallest absolute Gasteiger partial charge is 0.328 e. The maximum absolute atomic E-state index is 13.4. The SMILES string of the molecule is COCC(NC(=O)/C=C/c1c(F)cccc1Cl)C(=O)O. The van der Waals surface area contributed by atoms with Gasteiger partial charge in [-0.2, -0.15) is 0 Å². The molecule has 0 heterocycles. The van der Waals surface area contributed by atoms with Crippen LogP contribution in [0.1, 0.15) is 5.56 Å². The molecule has 1 amide bonds. The molecule has 5 nitrogen and oxygen atoms in total. The molecule has 108 valence electrons. The Morgan fingerprint density at radius 2 is 2.25 bits per heavy atom. The number of ether oxygens (including phenoxy) is 1. The second kappa shape index (κ2) is 7.62. The number of carbonyl (C=O) groups excluding carboxylic acids is 1. The van der Waals surface area contributed by atoms with Crippen LogP contribution in [0, 0.1) is 5.82 Å². The average molecular weight is 302 g/mol. The minimum Gasteiger partial charge on any atom is -0.480 e. The van der Waals surface area contributed by atoms with Crippen molar-refractivity contribution in [1.29, 1.82) is 0 Å². The van der Waals surface area contributed by atoms with Crippen LogP contribution in [0.3, 0.4) is 0 Å². The van der Waals surface area contributed by atoms with E-state index in [0.29, 0.717) is 0 Å². The average Bonchev–Trinajstić information content (AvgIpc) is 2.37. The zero-order valence-corrected chi connectivity index (χ0v) is 11.4. The minimum absolute atomic E-state index is 0.0583. The van der Waals surface area contributed by atoms with Crippen LogP contribution >= 0.6 is 11.6 Å². The van der Waals surface area contributed by atoms with Crippen LogP contribution in [0.25, 0.3) is 6.08 Å². The fourth-order valence-corrected chi connectivity index (χ4v) is 1.62. The van der Waals surface area contributed by atoms with Crippen molar-refractivity contribution in [3.63, 3.8) is 0 Å². The molecule has 0 fully saturated rings. The fourth-order valence-electron chi connectivity index (χ4n) is 1.39. The van der Waals surface area contributed by atoms with Crippen molar-refractivity contribution in [2.75, 3.05) is 13.7 Å². The number of carboxylic acids is 1. The highest BCUT2D eigenvalue weighted by molar-refractivity contribution is 6.32. The molecule has 2 N–H and O–H groups in total. The highest BCUT2D eigenvalue weighted by Crippen LogP contribution is 2.20. The van der Waals surface area contributed by atoms with Crippen molar-refractivity contribution < 1.29 is 23.8 Å². The first-order valence-electron chi connectivity index (χ1n) is 5.60. The maximum Gasteiger partial charge on any atom is 0.328 e. The number of amides is 1. The number of carboxylic acid groups (broad SMARTS) is 1. The molecule has 0 aliphatic carbocycles. The first kappa shape index (κ1) is 16.1. The van der Waals surface area contributed by atoms with Crippen molar-refractivity contribution in [2.24, 2.45) is 0 Å². The third-order valence-corrected chi connectivity index (χ3v) is 2.68. The lowest BCUT2D eigenvalue weighted by Gasteiger charge is -2.11. The Balaban J connectivity index is 2.75. The number of rotatable bonds is 6. The number of hydrogen-bond acceptors (Lipinski definition) is 3. The van der Waals surface area contributed by atoms with Crippen molar-refractivity contribution in [1.82, 2.24) is 5.32 Å². The predicted molar refractivity (Wildman–Crippen MR) is 71.9 cm³/mol. The molecule has 0 bridgehead atoms. The number of benzene rings is 1. The van der Waals surface area contributed by atoms with E-state index in [4.69, 9.17) is 16.7 Å². The van der Waals surface area contributed by atoms with Gasteiger partial charge in [0, 0.05) is 18.7 Å². The molecule has 1 aromatic rings. The molecule has 0 saturated heterocycles. The van der Waals surface area contributed by atoms with E-state index >= 15 is 0 Å². The van der Waals surface area contributed by atoms with Gasteiger partial charge in [-0.3, -0.25) is 4.79 Å². The summed E-state index contributed by atoms with van der Waals surface area (Å²) in [6.07, 6.45) is 2.19. The normalized spacial score (nSPS) is 12.3. The Bertz CT molecular complexity index is 513. The lowest BCUT2D eigenvalue weighted by atomic mass is 10.2. The summed E-state index contributed by atoms with van der Waals surface area (Å²) < 4.78 is 18.1. The lowest BCUT2D eigenvalue weighted by Crippen LogP contribution is -2.43. The summed E-state index contributed by atoms with van der Waals surface area (Å²) in [5.41, 5.74) is 0.0583. The minimum atomic E-state index is -1.22. The quantitative estimate of drug-likeness (QED) is 0.784. The van der Waals surface area contributed by atoms with E-state index in [0.717, 1.165) is 6.08 Å². The molecule has 1 rings (SSSR count). The van der Waals surface area contributed by atoms with Gasteiger partial charge in [-0.05, 0) is 18.2 Å². The van der Waals surface area contributed by atoms with Crippen molar-refractivity contribution in [3.8, 4) is 0 Å². The van der Waals surface area contributed by atoms with Gasteiger partial charge in [-0.15, -0.1) is 0 Å². The van der Waals surface area contributed by atoms with Crippen LogP contribution in [0.2, 0.25) is 5.02 Å². The van der Waals surface area contributed by atoms with E-state index in [-0.39, 0.29) is 17.2 Å². The molecule has 0 radical (unpaired) electrons. The van der Waals surface area contributed by atoms with E-state index in [1.54, 1.807) is 0 Å². The van der Waals surface area contributed by atoms with Crippen molar-refractivity contribution in [3.05, 3.63) is 40.7 Å². The zero-order chi connectivity index (χ0) is 15.1. The topological polar surface area (TPSA) is 75.6 Å². The summed E-state index contributed by atoms with van der Waals surface area (Å²) in [5.74, 6) is -2.49. The molecule has 0 spiro atoms. The van der Waals surface area contributed by atoms with E-state index in [1.807, 2.05) is 0 Å². The number of carbonyl (C=O) groups is 2. The van der Waals surface area contributed by atoms with E-state index in [1.165, 1.54) is 31.4 Å². The second-order valence-electron chi connectivity index (χ2n) is 3.82. The predicted octanol–water partition coefficient (Wildman–Crippen LogP) is 1.71. The van der Waals surface area contributed by atoms with Crippen LogP contribution in [0.15, 0.2) is 24.3 Å². The molecular weight excluding hydrogens is 289 g/mol. The Morgan fingerprint density at radius 3 is 2.80 bits per heavy atom. The summed E-state index contributed by atoms with van der Waals surface area (Å²) in [5, 5.41) is 11.2. The monoisotopic (exact) mass is 301 g/mol. The third kappa shape index (κ3) is 4.64. The van der Waals surface area contributed by atoms with Gasteiger partial charge in [0.05, 0.1) is 11.6 Å². The number of aliphatic carboxylic acids is 1. The standard InChI is InChI=1S/C13H13ClFNO4/c1-20-7-11(13(18)19)16-12(17)6-5-8-9(14)3-2-4-10(8)15/h2-6,11H,7H2,1H3,(H,16,17)(H,18,19)/b6-5+. The highest BCUT2D eigenvalue weighted by atomic mass is 35.5. The van der Waals surface area contributed by atoms with Crippen molar-refractivity contribution in [2.45, 2.75) is 6.04 Å². The van der Waals surface area contributed by atoms with Gasteiger partial charge in [0.1, 0.15) is 5.82 Å². The first-order chi connectivity index (χ1) is 9.45. The molecule has 7 heteroatoms. The Labute approximate surface area is 120 Å². The molecule has 1 aromatic carbocycles. The molecule has 1 atom stereocenters. The molecule has 0 aromatic heterocycles. The van der Waals surface area contributed by atoms with Crippen LogP contribution in [-0.2, 0) is 14.3 Å². The largest absolute Gasteiger partial charge is 0.480 e. The maximum atomic E-state index is 13.4. The lowest BCUT2D eigenvalue weighted by molar-refractivity contribution is -0.142. The van der Waals surface area contributed by atoms with Gasteiger partial charge in [-0.1, -0.05) is 17.7 Å². The fraction of sp³-hybridized carbons (Fsp3) is 0.231. The Kier molecular flexibility index (Phi) is 6.14. The second-order valence-corrected chi connectivity index (χ2v) is 4.23. The molecule has 0 aliphatic rings. The van der Waals surface area contributed by atoms with Gasteiger partial charge in [0.2, 0.25) is 5.91 Å².